The Morgan fingerprint density at radius 1 is 1.14 bits per heavy atom. The lowest BCUT2D eigenvalue weighted by Crippen LogP contribution is -2.42. The Hall–Kier alpha value is -1.88. The van der Waals surface area contributed by atoms with Crippen LogP contribution >= 0.6 is 11.8 Å². The van der Waals surface area contributed by atoms with E-state index in [1.807, 2.05) is 59.1 Å². The molecule has 2 heterocycles. The summed E-state index contributed by atoms with van der Waals surface area (Å²) in [5, 5.41) is 3.12. The van der Waals surface area contributed by atoms with Crippen LogP contribution in [0.5, 0.6) is 0 Å². The first-order valence-corrected chi connectivity index (χ1v) is 8.71. The van der Waals surface area contributed by atoms with Gasteiger partial charge in [0.05, 0.1) is 6.26 Å². The van der Waals surface area contributed by atoms with Crippen LogP contribution in [-0.4, -0.2) is 35.5 Å². The molecule has 0 saturated carbocycles. The summed E-state index contributed by atoms with van der Waals surface area (Å²) >= 11 is 1.91. The third kappa shape index (κ3) is 3.65. The molecule has 3 rings (SSSR count). The van der Waals surface area contributed by atoms with Gasteiger partial charge in [0.1, 0.15) is 11.8 Å². The number of carbonyl (C=O) groups excluding carboxylic acids is 1. The lowest BCUT2D eigenvalue weighted by atomic mass is 10.0. The van der Waals surface area contributed by atoms with Crippen molar-refractivity contribution in [3.05, 3.63) is 60.1 Å². The monoisotopic (exact) mass is 316 g/mol. The molecule has 0 radical (unpaired) electrons. The van der Waals surface area contributed by atoms with E-state index in [-0.39, 0.29) is 12.1 Å². The summed E-state index contributed by atoms with van der Waals surface area (Å²) in [4.78, 5) is 14.5. The van der Waals surface area contributed by atoms with E-state index in [4.69, 9.17) is 4.42 Å². The summed E-state index contributed by atoms with van der Waals surface area (Å²) in [6.07, 6.45) is 2.69. The first kappa shape index (κ1) is 15.0. The molecule has 1 aliphatic heterocycles. The molecular weight excluding hydrogens is 296 g/mol. The van der Waals surface area contributed by atoms with E-state index in [9.17, 15) is 4.79 Å². The SMILES string of the molecule is O=C(N[C@@H](c1ccccc1)c1ccco1)N1CCCSCC1. The van der Waals surface area contributed by atoms with Gasteiger partial charge in [-0.25, -0.2) is 4.79 Å². The van der Waals surface area contributed by atoms with Crippen molar-refractivity contribution in [1.82, 2.24) is 10.2 Å². The molecule has 0 unspecified atom stereocenters. The van der Waals surface area contributed by atoms with Crippen molar-refractivity contribution < 1.29 is 9.21 Å². The summed E-state index contributed by atoms with van der Waals surface area (Å²) in [7, 11) is 0. The molecule has 22 heavy (non-hydrogen) atoms. The molecule has 4 nitrogen and oxygen atoms in total. The van der Waals surface area contributed by atoms with Gasteiger partial charge in [0.25, 0.3) is 0 Å². The van der Waals surface area contributed by atoms with Crippen LogP contribution in [0.15, 0.2) is 53.1 Å². The molecule has 1 atom stereocenters. The van der Waals surface area contributed by atoms with Crippen LogP contribution in [0.3, 0.4) is 0 Å². The number of benzene rings is 1. The second kappa shape index (κ2) is 7.40. The highest BCUT2D eigenvalue weighted by Gasteiger charge is 2.23. The summed E-state index contributed by atoms with van der Waals surface area (Å²) in [6, 6.07) is 13.4. The number of nitrogens with zero attached hydrogens (tertiary/aromatic N) is 1. The summed E-state index contributed by atoms with van der Waals surface area (Å²) in [5.41, 5.74) is 1.02. The minimum absolute atomic E-state index is 0.0206. The fourth-order valence-electron chi connectivity index (χ4n) is 2.58. The molecule has 1 saturated heterocycles. The van der Waals surface area contributed by atoms with Crippen molar-refractivity contribution in [1.29, 1.82) is 0 Å². The predicted molar refractivity (Wildman–Crippen MR) is 89.0 cm³/mol. The van der Waals surface area contributed by atoms with Crippen molar-refractivity contribution in [2.24, 2.45) is 0 Å². The molecule has 0 spiro atoms. The number of nitrogens with one attached hydrogen (secondary N) is 1. The zero-order valence-electron chi connectivity index (χ0n) is 12.4. The molecule has 1 aliphatic rings. The van der Waals surface area contributed by atoms with E-state index in [2.05, 4.69) is 5.32 Å². The van der Waals surface area contributed by atoms with Crippen LogP contribution in [-0.2, 0) is 0 Å². The summed E-state index contributed by atoms with van der Waals surface area (Å²) < 4.78 is 5.53. The standard InChI is InChI=1S/C17H20N2O2S/c20-17(19-9-5-12-22-13-10-19)18-16(15-8-4-11-21-15)14-6-2-1-3-7-14/h1-4,6-8,11,16H,5,9-10,12-13H2,(H,18,20)/t16-/m0/s1. The normalized spacial score (nSPS) is 16.8. The first-order valence-electron chi connectivity index (χ1n) is 7.56. The highest BCUT2D eigenvalue weighted by molar-refractivity contribution is 7.99. The Morgan fingerprint density at radius 3 is 2.77 bits per heavy atom. The maximum Gasteiger partial charge on any atom is 0.318 e. The number of hydrogen-bond acceptors (Lipinski definition) is 3. The van der Waals surface area contributed by atoms with Crippen molar-refractivity contribution in [2.45, 2.75) is 12.5 Å². The molecule has 116 valence electrons. The highest BCUT2D eigenvalue weighted by Crippen LogP contribution is 2.23. The van der Waals surface area contributed by atoms with Gasteiger partial charge in [-0.1, -0.05) is 30.3 Å². The molecule has 1 aromatic carbocycles. The Kier molecular flexibility index (Phi) is 5.06. The first-order chi connectivity index (χ1) is 10.8. The van der Waals surface area contributed by atoms with Crippen LogP contribution < -0.4 is 5.32 Å². The fraction of sp³-hybridized carbons (Fsp3) is 0.353. The summed E-state index contributed by atoms with van der Waals surface area (Å²) in [6.45, 7) is 1.62. The number of furan rings is 1. The molecular formula is C17H20N2O2S. The third-order valence-electron chi connectivity index (χ3n) is 3.74. The van der Waals surface area contributed by atoms with Gasteiger partial charge >= 0.3 is 6.03 Å². The Balaban J connectivity index is 1.77. The average molecular weight is 316 g/mol. The fourth-order valence-corrected chi connectivity index (χ4v) is 3.47. The molecule has 1 N–H and O–H groups in total. The average Bonchev–Trinajstić information content (AvgIpc) is 2.94. The molecule has 2 aromatic rings. The number of thioether (sulfide) groups is 1. The maximum atomic E-state index is 12.6. The molecule has 0 bridgehead atoms. The number of urea groups is 1. The smallest absolute Gasteiger partial charge is 0.318 e. The van der Waals surface area contributed by atoms with Crippen molar-refractivity contribution in [2.75, 3.05) is 24.6 Å². The van der Waals surface area contributed by atoms with Gasteiger partial charge in [-0.05, 0) is 29.9 Å². The minimum atomic E-state index is -0.250. The zero-order valence-corrected chi connectivity index (χ0v) is 13.2. The topological polar surface area (TPSA) is 45.5 Å². The van der Waals surface area contributed by atoms with E-state index in [1.54, 1.807) is 6.26 Å². The van der Waals surface area contributed by atoms with E-state index < -0.39 is 0 Å². The number of amides is 2. The second-order valence-electron chi connectivity index (χ2n) is 5.26. The second-order valence-corrected chi connectivity index (χ2v) is 6.49. The largest absolute Gasteiger partial charge is 0.467 e. The van der Waals surface area contributed by atoms with Gasteiger partial charge < -0.3 is 14.6 Å². The highest BCUT2D eigenvalue weighted by atomic mass is 32.2. The van der Waals surface area contributed by atoms with Crippen LogP contribution in [0.1, 0.15) is 23.8 Å². The van der Waals surface area contributed by atoms with Crippen molar-refractivity contribution in [3.63, 3.8) is 0 Å². The number of rotatable bonds is 3. The van der Waals surface area contributed by atoms with Gasteiger partial charge in [0.15, 0.2) is 0 Å². The number of hydrogen-bond donors (Lipinski definition) is 1. The van der Waals surface area contributed by atoms with Crippen molar-refractivity contribution in [3.8, 4) is 0 Å². The van der Waals surface area contributed by atoms with E-state index in [0.717, 1.165) is 42.3 Å². The van der Waals surface area contributed by atoms with E-state index in [1.165, 1.54) is 0 Å². The zero-order chi connectivity index (χ0) is 15.2. The molecule has 5 heteroatoms. The quantitative estimate of drug-likeness (QED) is 0.942. The molecule has 1 aromatic heterocycles. The Morgan fingerprint density at radius 2 is 2.00 bits per heavy atom. The van der Waals surface area contributed by atoms with Crippen molar-refractivity contribution >= 4 is 17.8 Å². The number of carbonyl (C=O) groups is 1. The molecule has 2 amide bonds. The van der Waals surface area contributed by atoms with Crippen LogP contribution in [0.2, 0.25) is 0 Å². The van der Waals surface area contributed by atoms with E-state index in [0.29, 0.717) is 0 Å². The van der Waals surface area contributed by atoms with E-state index >= 15 is 0 Å². The lowest BCUT2D eigenvalue weighted by molar-refractivity contribution is 0.198. The summed E-state index contributed by atoms with van der Waals surface area (Å²) in [5.74, 6) is 2.89. The van der Waals surface area contributed by atoms with Gasteiger partial charge in [0, 0.05) is 18.8 Å². The molecule has 0 aliphatic carbocycles. The van der Waals surface area contributed by atoms with Gasteiger partial charge in [-0.15, -0.1) is 0 Å². The van der Waals surface area contributed by atoms with Crippen LogP contribution in [0.25, 0.3) is 0 Å². The van der Waals surface area contributed by atoms with Gasteiger partial charge in [-0.3, -0.25) is 0 Å². The van der Waals surface area contributed by atoms with Crippen LogP contribution in [0.4, 0.5) is 4.79 Å². The Labute approximate surface area is 134 Å². The van der Waals surface area contributed by atoms with Gasteiger partial charge in [-0.2, -0.15) is 11.8 Å². The van der Waals surface area contributed by atoms with Gasteiger partial charge in [0.2, 0.25) is 0 Å². The Bertz CT molecular complexity index is 578. The third-order valence-corrected chi connectivity index (χ3v) is 4.79. The minimum Gasteiger partial charge on any atom is -0.467 e. The lowest BCUT2D eigenvalue weighted by Gasteiger charge is -2.24. The predicted octanol–water partition coefficient (Wildman–Crippen LogP) is 3.52. The maximum absolute atomic E-state index is 12.6. The molecule has 1 fully saturated rings. The van der Waals surface area contributed by atoms with Crippen LogP contribution in [0, 0.1) is 0 Å².